The zero-order valence-electron chi connectivity index (χ0n) is 21.1. The molecule has 2 aromatic carbocycles. The Bertz CT molecular complexity index is 1280. The molecule has 0 atom stereocenters. The molecular formula is C31H31FO5. The summed E-state index contributed by atoms with van der Waals surface area (Å²) in [5.41, 5.74) is 3.54. The number of rotatable bonds is 8. The lowest BCUT2D eigenvalue weighted by molar-refractivity contribution is -0.117. The Morgan fingerprint density at radius 1 is 1.00 bits per heavy atom. The highest BCUT2D eigenvalue weighted by molar-refractivity contribution is 6.05. The van der Waals surface area contributed by atoms with Gasteiger partial charge < -0.3 is 14.2 Å². The fraction of sp³-hybridized carbons (Fsp3) is 0.355. The molecule has 1 aliphatic heterocycles. The van der Waals surface area contributed by atoms with Crippen molar-refractivity contribution >= 4 is 11.6 Å². The third kappa shape index (κ3) is 4.97. The first kappa shape index (κ1) is 25.0. The van der Waals surface area contributed by atoms with Crippen LogP contribution in [0.15, 0.2) is 71.7 Å². The van der Waals surface area contributed by atoms with Gasteiger partial charge in [-0.2, -0.15) is 0 Å². The number of hydrogen-bond acceptors (Lipinski definition) is 5. The number of halogens is 1. The highest BCUT2D eigenvalue weighted by atomic mass is 19.1. The lowest BCUT2D eigenvalue weighted by Crippen LogP contribution is -2.30. The predicted molar refractivity (Wildman–Crippen MR) is 138 cm³/mol. The van der Waals surface area contributed by atoms with E-state index >= 15 is 0 Å². The standard InChI is InChI=1S/C31H31FO5/c1-3-8-20-16-21(17-27(35-4-2)31(20)36-18-19-9-5-10-22(32)15-19)28-29-23(33)11-6-13-25(29)37-26-14-7-12-24(34)30(26)28/h3,5,9-10,15-17,28H,1,4,6-8,11-14,18H2,2H3. The Balaban J connectivity index is 1.62. The van der Waals surface area contributed by atoms with Crippen molar-refractivity contribution in [2.45, 2.75) is 64.4 Å². The number of ketones is 2. The van der Waals surface area contributed by atoms with Gasteiger partial charge in [0.2, 0.25) is 0 Å². The van der Waals surface area contributed by atoms with E-state index in [9.17, 15) is 14.0 Å². The molecule has 3 aliphatic rings. The minimum Gasteiger partial charge on any atom is -0.490 e. The van der Waals surface area contributed by atoms with E-state index in [1.807, 2.05) is 19.1 Å². The first-order chi connectivity index (χ1) is 18.0. The summed E-state index contributed by atoms with van der Waals surface area (Å²) in [6.07, 6.45) is 6.05. The van der Waals surface area contributed by atoms with Crippen LogP contribution < -0.4 is 9.47 Å². The Morgan fingerprint density at radius 2 is 1.70 bits per heavy atom. The highest BCUT2D eigenvalue weighted by Gasteiger charge is 2.42. The Labute approximate surface area is 216 Å². The Hall–Kier alpha value is -3.67. The quantitative estimate of drug-likeness (QED) is 0.378. The fourth-order valence-corrected chi connectivity index (χ4v) is 5.52. The van der Waals surface area contributed by atoms with Gasteiger partial charge in [-0.15, -0.1) is 6.58 Å². The first-order valence-corrected chi connectivity index (χ1v) is 13.0. The van der Waals surface area contributed by atoms with Crippen LogP contribution in [-0.4, -0.2) is 18.2 Å². The van der Waals surface area contributed by atoms with E-state index in [2.05, 4.69) is 6.58 Å². The van der Waals surface area contributed by atoms with Crippen LogP contribution in [0.1, 0.15) is 68.1 Å². The van der Waals surface area contributed by atoms with Gasteiger partial charge in [0, 0.05) is 48.3 Å². The summed E-state index contributed by atoms with van der Waals surface area (Å²) < 4.78 is 32.1. The maximum Gasteiger partial charge on any atom is 0.165 e. The summed E-state index contributed by atoms with van der Waals surface area (Å²) in [6.45, 7) is 6.37. The second kappa shape index (κ2) is 10.8. The maximum atomic E-state index is 13.7. The number of carbonyl (C=O) groups excluding carboxylic acids is 2. The van der Waals surface area contributed by atoms with Crippen molar-refractivity contribution in [1.29, 1.82) is 0 Å². The molecule has 5 nitrogen and oxygen atoms in total. The molecule has 0 unspecified atom stereocenters. The maximum absolute atomic E-state index is 13.7. The molecule has 2 aliphatic carbocycles. The molecule has 2 aromatic rings. The van der Waals surface area contributed by atoms with Gasteiger partial charge >= 0.3 is 0 Å². The fourth-order valence-electron chi connectivity index (χ4n) is 5.52. The molecule has 0 aromatic heterocycles. The molecule has 0 bridgehead atoms. The van der Waals surface area contributed by atoms with Gasteiger partial charge in [-0.25, -0.2) is 4.39 Å². The summed E-state index contributed by atoms with van der Waals surface area (Å²) >= 11 is 0. The van der Waals surface area contributed by atoms with Gasteiger partial charge in [0.25, 0.3) is 0 Å². The molecule has 0 amide bonds. The van der Waals surface area contributed by atoms with E-state index in [-0.39, 0.29) is 24.0 Å². The van der Waals surface area contributed by atoms with Crippen molar-refractivity contribution in [2.75, 3.05) is 6.61 Å². The van der Waals surface area contributed by atoms with Crippen molar-refractivity contribution in [3.8, 4) is 11.5 Å². The minimum absolute atomic E-state index is 0.0332. The molecule has 0 saturated carbocycles. The molecule has 0 N–H and O–H groups in total. The average molecular weight is 503 g/mol. The number of allylic oxidation sites excluding steroid dienone is 5. The molecule has 0 radical (unpaired) electrons. The van der Waals surface area contributed by atoms with Gasteiger partial charge in [-0.1, -0.05) is 24.3 Å². The molecule has 5 rings (SSSR count). The molecule has 192 valence electrons. The zero-order chi connectivity index (χ0) is 25.9. The van der Waals surface area contributed by atoms with E-state index in [1.165, 1.54) is 12.1 Å². The van der Waals surface area contributed by atoms with Crippen molar-refractivity contribution in [1.82, 2.24) is 0 Å². The summed E-state index contributed by atoms with van der Waals surface area (Å²) in [7, 11) is 0. The lowest BCUT2D eigenvalue weighted by Gasteiger charge is -2.36. The zero-order valence-corrected chi connectivity index (χ0v) is 21.1. The predicted octanol–water partition coefficient (Wildman–Crippen LogP) is 6.66. The van der Waals surface area contributed by atoms with Crippen LogP contribution in [-0.2, 0) is 27.4 Å². The largest absolute Gasteiger partial charge is 0.490 e. The van der Waals surface area contributed by atoms with Gasteiger partial charge in [0.15, 0.2) is 23.1 Å². The van der Waals surface area contributed by atoms with Crippen LogP contribution in [0.25, 0.3) is 0 Å². The summed E-state index contributed by atoms with van der Waals surface area (Å²) in [5, 5.41) is 0. The monoisotopic (exact) mass is 502 g/mol. The Morgan fingerprint density at radius 3 is 2.32 bits per heavy atom. The van der Waals surface area contributed by atoms with E-state index < -0.39 is 5.92 Å². The van der Waals surface area contributed by atoms with Gasteiger partial charge in [0.1, 0.15) is 23.9 Å². The second-order valence-electron chi connectivity index (χ2n) is 9.61. The second-order valence-corrected chi connectivity index (χ2v) is 9.61. The molecule has 6 heteroatoms. The topological polar surface area (TPSA) is 61.8 Å². The van der Waals surface area contributed by atoms with Crippen molar-refractivity contribution in [2.24, 2.45) is 0 Å². The molecule has 1 heterocycles. The van der Waals surface area contributed by atoms with Gasteiger partial charge in [0.05, 0.1) is 6.61 Å². The third-order valence-corrected chi connectivity index (χ3v) is 7.06. The summed E-state index contributed by atoms with van der Waals surface area (Å²) in [6, 6.07) is 10.2. The average Bonchev–Trinajstić information content (AvgIpc) is 2.88. The molecule has 0 saturated heterocycles. The van der Waals surface area contributed by atoms with E-state index in [1.54, 1.807) is 18.2 Å². The molecule has 0 spiro atoms. The van der Waals surface area contributed by atoms with Crippen LogP contribution in [0.5, 0.6) is 11.5 Å². The van der Waals surface area contributed by atoms with Gasteiger partial charge in [-0.3, -0.25) is 9.59 Å². The summed E-state index contributed by atoms with van der Waals surface area (Å²) in [5.74, 6) is 1.73. The smallest absolute Gasteiger partial charge is 0.165 e. The molecular weight excluding hydrogens is 471 g/mol. The van der Waals surface area contributed by atoms with Crippen LogP contribution in [0.3, 0.4) is 0 Å². The molecule has 37 heavy (non-hydrogen) atoms. The number of ether oxygens (including phenoxy) is 3. The number of hydrogen-bond donors (Lipinski definition) is 0. The van der Waals surface area contributed by atoms with E-state index in [4.69, 9.17) is 14.2 Å². The van der Waals surface area contributed by atoms with Gasteiger partial charge in [-0.05, 0) is 55.5 Å². The van der Waals surface area contributed by atoms with Crippen LogP contribution >= 0.6 is 0 Å². The number of benzene rings is 2. The number of carbonyl (C=O) groups is 2. The van der Waals surface area contributed by atoms with Crippen LogP contribution in [0.4, 0.5) is 4.39 Å². The van der Waals surface area contributed by atoms with Crippen molar-refractivity contribution < 1.29 is 28.2 Å². The van der Waals surface area contributed by atoms with Crippen molar-refractivity contribution in [3.63, 3.8) is 0 Å². The highest BCUT2D eigenvalue weighted by Crippen LogP contribution is 2.49. The third-order valence-electron chi connectivity index (χ3n) is 7.06. The van der Waals surface area contributed by atoms with E-state index in [0.717, 1.165) is 24.0 Å². The normalized spacial score (nSPS) is 17.8. The Kier molecular flexibility index (Phi) is 7.26. The van der Waals surface area contributed by atoms with E-state index in [0.29, 0.717) is 78.4 Å². The van der Waals surface area contributed by atoms with Crippen LogP contribution in [0, 0.1) is 5.82 Å². The summed E-state index contributed by atoms with van der Waals surface area (Å²) in [4.78, 5) is 26.4. The molecule has 0 fully saturated rings. The first-order valence-electron chi connectivity index (χ1n) is 13.0. The van der Waals surface area contributed by atoms with Crippen LogP contribution in [0.2, 0.25) is 0 Å². The number of Topliss-reactive ketones (excluding diaryl/α,β-unsaturated/α-hetero) is 2. The lowest BCUT2D eigenvalue weighted by atomic mass is 9.73. The minimum atomic E-state index is -0.487. The SMILES string of the molecule is C=CCc1cc(C2C3=C(CCCC3=O)OC3=C2C(=O)CCC3)cc(OCC)c1OCc1cccc(F)c1. The van der Waals surface area contributed by atoms with Crippen molar-refractivity contribution in [3.05, 3.63) is 94.2 Å².